The highest BCUT2D eigenvalue weighted by Crippen LogP contribution is 2.35. The van der Waals surface area contributed by atoms with E-state index in [1.54, 1.807) is 0 Å². The molecule has 0 aromatic heterocycles. The van der Waals surface area contributed by atoms with Gasteiger partial charge in [0.1, 0.15) is 12.0 Å². The van der Waals surface area contributed by atoms with Crippen LogP contribution in [0.15, 0.2) is 36.4 Å². The summed E-state index contributed by atoms with van der Waals surface area (Å²) in [7, 11) is 0. The monoisotopic (exact) mass is 478 g/mol. The van der Waals surface area contributed by atoms with Gasteiger partial charge in [-0.25, -0.2) is 0 Å². The van der Waals surface area contributed by atoms with Crippen LogP contribution in [0.1, 0.15) is 30.7 Å². The first-order chi connectivity index (χ1) is 15.5. The van der Waals surface area contributed by atoms with E-state index in [1.165, 1.54) is 0 Å². The number of piperazine rings is 1. The molecule has 4 rings (SSSR count). The number of anilines is 2. The van der Waals surface area contributed by atoms with Gasteiger partial charge in [-0.2, -0.15) is 0 Å². The molecule has 0 aliphatic carbocycles. The number of ether oxygens (including phenoxy) is 1. The number of nitrogens with zero attached hydrogens (tertiary/aromatic N) is 2. The van der Waals surface area contributed by atoms with Gasteiger partial charge in [-0.1, -0.05) is 35.3 Å². The Labute approximate surface area is 200 Å². The molecule has 174 valence electrons. The Bertz CT molecular complexity index is 906. The van der Waals surface area contributed by atoms with E-state index in [4.69, 9.17) is 33.7 Å². The lowest BCUT2D eigenvalue weighted by atomic mass is 9.90. The van der Waals surface area contributed by atoms with Gasteiger partial charge in [0, 0.05) is 50.3 Å². The molecular weight excluding hydrogens is 447 g/mol. The molecule has 0 saturated carbocycles. The van der Waals surface area contributed by atoms with Crippen LogP contribution in [0.3, 0.4) is 0 Å². The molecule has 2 unspecified atom stereocenters. The highest BCUT2D eigenvalue weighted by atomic mass is 35.5. The third kappa shape index (κ3) is 5.61. The molecule has 2 atom stereocenters. The summed E-state index contributed by atoms with van der Waals surface area (Å²) in [5, 5.41) is 14.4. The Kier molecular flexibility index (Phi) is 8.02. The van der Waals surface area contributed by atoms with Crippen LogP contribution >= 0.6 is 23.2 Å². The van der Waals surface area contributed by atoms with Gasteiger partial charge in [-0.3, -0.25) is 4.90 Å². The summed E-state index contributed by atoms with van der Waals surface area (Å²) < 4.78 is 5.96. The molecule has 2 aromatic rings. The van der Waals surface area contributed by atoms with E-state index in [0.717, 1.165) is 68.3 Å². The van der Waals surface area contributed by atoms with Crippen LogP contribution in [0.2, 0.25) is 10.0 Å². The van der Waals surface area contributed by atoms with Crippen molar-refractivity contribution in [3.8, 4) is 5.75 Å². The van der Waals surface area contributed by atoms with Crippen molar-refractivity contribution in [2.75, 3.05) is 56.1 Å². The molecule has 0 spiro atoms. The predicted octanol–water partition coefficient (Wildman–Crippen LogP) is 4.15. The van der Waals surface area contributed by atoms with Gasteiger partial charge in [0.05, 0.1) is 22.3 Å². The average molecular weight is 479 g/mol. The van der Waals surface area contributed by atoms with Crippen LogP contribution in [0, 0.1) is 0 Å². The van der Waals surface area contributed by atoms with Gasteiger partial charge >= 0.3 is 0 Å². The van der Waals surface area contributed by atoms with Crippen molar-refractivity contribution in [3.05, 3.63) is 52.0 Å². The highest BCUT2D eigenvalue weighted by Gasteiger charge is 2.24. The maximum absolute atomic E-state index is 10.00. The minimum Gasteiger partial charge on any atom is -0.494 e. The van der Waals surface area contributed by atoms with Crippen molar-refractivity contribution in [1.82, 2.24) is 4.90 Å². The second-order valence-electron chi connectivity index (χ2n) is 8.53. The van der Waals surface area contributed by atoms with Crippen LogP contribution in [0.4, 0.5) is 11.4 Å². The number of halogens is 2. The molecule has 1 saturated heterocycles. The largest absolute Gasteiger partial charge is 0.494 e. The van der Waals surface area contributed by atoms with Crippen LogP contribution in [0.5, 0.6) is 5.75 Å². The molecule has 0 amide bonds. The normalized spacial score (nSPS) is 21.2. The van der Waals surface area contributed by atoms with Crippen LogP contribution in [-0.4, -0.2) is 62.1 Å². The summed E-state index contributed by atoms with van der Waals surface area (Å²) in [4.78, 5) is 4.80. The number of nitrogens with one attached hydrogen (secondary N) is 1. The molecule has 0 bridgehead atoms. The molecule has 2 aromatic carbocycles. The Morgan fingerprint density at radius 1 is 1.09 bits per heavy atom. The number of aliphatic hydroxyl groups is 1. The zero-order valence-corrected chi connectivity index (χ0v) is 19.8. The van der Waals surface area contributed by atoms with E-state index in [-0.39, 0.29) is 5.92 Å². The second kappa shape index (κ2) is 10.9. The first-order valence-electron chi connectivity index (χ1n) is 11.4. The lowest BCUT2D eigenvalue weighted by Crippen LogP contribution is -2.46. The molecular formula is C24H32Cl2N4O2. The van der Waals surface area contributed by atoms with Gasteiger partial charge in [-0.15, -0.1) is 0 Å². The molecule has 32 heavy (non-hydrogen) atoms. The Morgan fingerprint density at radius 3 is 2.69 bits per heavy atom. The topological polar surface area (TPSA) is 74.0 Å². The van der Waals surface area contributed by atoms with Crippen LogP contribution in [-0.2, 0) is 0 Å². The molecule has 4 N–H and O–H groups in total. The van der Waals surface area contributed by atoms with E-state index < -0.39 is 6.23 Å². The molecule has 8 heteroatoms. The Balaban J connectivity index is 1.17. The van der Waals surface area contributed by atoms with Gasteiger partial charge in [0.2, 0.25) is 0 Å². The number of nitrogens with two attached hydrogens (primary N) is 1. The zero-order chi connectivity index (χ0) is 22.5. The van der Waals surface area contributed by atoms with Crippen molar-refractivity contribution in [2.45, 2.75) is 31.4 Å². The van der Waals surface area contributed by atoms with E-state index >= 15 is 0 Å². The van der Waals surface area contributed by atoms with Gasteiger partial charge in [0.25, 0.3) is 0 Å². The van der Waals surface area contributed by atoms with Crippen LogP contribution < -0.4 is 20.7 Å². The number of rotatable bonds is 8. The zero-order valence-electron chi connectivity index (χ0n) is 18.3. The first kappa shape index (κ1) is 23.5. The number of hydrogen-bond donors (Lipinski definition) is 3. The van der Waals surface area contributed by atoms with E-state index in [2.05, 4.69) is 21.2 Å². The summed E-state index contributed by atoms with van der Waals surface area (Å²) in [6.45, 7) is 6.22. The minimum absolute atomic E-state index is 0.186. The summed E-state index contributed by atoms with van der Waals surface area (Å²) in [5.74, 6) is 1.01. The lowest BCUT2D eigenvalue weighted by Gasteiger charge is -2.36. The SMILES string of the molecule is NCC1CC(O)Nc2cc(OCCCCN3CCN(c4cccc(Cl)c4Cl)CC3)ccc21. The summed E-state index contributed by atoms with van der Waals surface area (Å²) in [6.07, 6.45) is 2.18. The number of aliphatic hydroxyl groups excluding tert-OH is 1. The lowest BCUT2D eigenvalue weighted by molar-refractivity contribution is 0.178. The summed E-state index contributed by atoms with van der Waals surface area (Å²) in [5.41, 5.74) is 8.96. The smallest absolute Gasteiger partial charge is 0.125 e. The molecule has 6 nitrogen and oxygen atoms in total. The van der Waals surface area contributed by atoms with Crippen LogP contribution in [0.25, 0.3) is 0 Å². The maximum atomic E-state index is 10.00. The van der Waals surface area contributed by atoms with Crippen molar-refractivity contribution >= 4 is 34.6 Å². The third-order valence-electron chi connectivity index (χ3n) is 6.36. The fourth-order valence-electron chi connectivity index (χ4n) is 4.54. The van der Waals surface area contributed by atoms with E-state index in [9.17, 15) is 5.11 Å². The number of hydrogen-bond acceptors (Lipinski definition) is 6. The van der Waals surface area contributed by atoms with Gasteiger partial charge in [0.15, 0.2) is 0 Å². The molecule has 2 heterocycles. The fraction of sp³-hybridized carbons (Fsp3) is 0.500. The van der Waals surface area contributed by atoms with Gasteiger partial charge < -0.3 is 25.8 Å². The average Bonchev–Trinajstić information content (AvgIpc) is 2.80. The minimum atomic E-state index is -0.554. The predicted molar refractivity (Wildman–Crippen MR) is 132 cm³/mol. The third-order valence-corrected chi connectivity index (χ3v) is 7.17. The molecule has 2 aliphatic rings. The van der Waals surface area contributed by atoms with Crippen molar-refractivity contribution in [3.63, 3.8) is 0 Å². The number of unbranched alkanes of at least 4 members (excludes halogenated alkanes) is 1. The second-order valence-corrected chi connectivity index (χ2v) is 9.32. The number of benzene rings is 2. The number of fused-ring (bicyclic) bond motifs is 1. The first-order valence-corrected chi connectivity index (χ1v) is 12.1. The molecule has 0 radical (unpaired) electrons. The molecule has 2 aliphatic heterocycles. The van der Waals surface area contributed by atoms with E-state index in [1.807, 2.05) is 30.3 Å². The van der Waals surface area contributed by atoms with Crippen molar-refractivity contribution in [2.24, 2.45) is 5.73 Å². The summed E-state index contributed by atoms with van der Waals surface area (Å²) >= 11 is 12.5. The van der Waals surface area contributed by atoms with E-state index in [0.29, 0.717) is 29.6 Å². The fourth-order valence-corrected chi connectivity index (χ4v) is 4.96. The van der Waals surface area contributed by atoms with Crippen molar-refractivity contribution in [1.29, 1.82) is 0 Å². The molecule has 1 fully saturated rings. The standard InChI is InChI=1S/C24H32Cl2N4O2/c25-20-4-3-5-22(24(20)26)30-11-9-29(10-12-30)8-1-2-13-32-18-6-7-19-17(16-27)14-23(31)28-21(19)15-18/h3-7,15,17,23,28,31H,1-2,8-14,16,27H2. The Hall–Kier alpha value is -1.70. The van der Waals surface area contributed by atoms with Gasteiger partial charge in [-0.05, 0) is 49.7 Å². The van der Waals surface area contributed by atoms with Crippen molar-refractivity contribution < 1.29 is 9.84 Å². The maximum Gasteiger partial charge on any atom is 0.125 e. The highest BCUT2D eigenvalue weighted by molar-refractivity contribution is 6.43. The summed E-state index contributed by atoms with van der Waals surface area (Å²) in [6, 6.07) is 11.8. The Morgan fingerprint density at radius 2 is 1.91 bits per heavy atom. The quantitative estimate of drug-likeness (QED) is 0.494.